The molecule has 0 saturated heterocycles. The summed E-state index contributed by atoms with van der Waals surface area (Å²) in [6.07, 6.45) is 12.2. The number of amides is 1. The first kappa shape index (κ1) is 25.7. The Hall–Kier alpha value is -1.51. The van der Waals surface area contributed by atoms with Crippen molar-refractivity contribution in [3.05, 3.63) is 34.9 Å². The average Bonchev–Trinajstić information content (AvgIpc) is 2.76. The van der Waals surface area contributed by atoms with E-state index in [9.17, 15) is 4.79 Å². The topological polar surface area (TPSA) is 38.3 Å². The largest absolute Gasteiger partial charge is 0.450 e. The number of rotatable bonds is 11. The van der Waals surface area contributed by atoms with Crippen molar-refractivity contribution in [1.82, 2.24) is 5.32 Å². The van der Waals surface area contributed by atoms with Crippen molar-refractivity contribution in [2.75, 3.05) is 6.61 Å². The van der Waals surface area contributed by atoms with Crippen LogP contribution in [0.3, 0.4) is 0 Å². The number of alkyl carbamates (subject to hydrolysis) is 1. The van der Waals surface area contributed by atoms with Gasteiger partial charge in [-0.15, -0.1) is 0 Å². The summed E-state index contributed by atoms with van der Waals surface area (Å²) in [6, 6.07) is 7.50. The Labute approximate surface area is 191 Å². The summed E-state index contributed by atoms with van der Waals surface area (Å²) in [5.74, 6) is 0. The monoisotopic (exact) mass is 429 g/mol. The molecule has 176 valence electrons. The van der Waals surface area contributed by atoms with Gasteiger partial charge in [0.15, 0.2) is 0 Å². The van der Waals surface area contributed by atoms with Crippen molar-refractivity contribution < 1.29 is 9.53 Å². The molecule has 0 bridgehead atoms. The maximum absolute atomic E-state index is 12.0. The quantitative estimate of drug-likeness (QED) is 0.364. The predicted molar refractivity (Wildman–Crippen MR) is 132 cm³/mol. The number of aryl methyl sites for hydroxylation is 1. The minimum Gasteiger partial charge on any atom is -0.450 e. The van der Waals surface area contributed by atoms with Crippen LogP contribution in [0, 0.1) is 0 Å². The Bertz CT molecular complexity index is 686. The number of nitrogens with one attached hydrogen (secondary N) is 1. The smallest absolute Gasteiger partial charge is 0.407 e. The fourth-order valence-corrected chi connectivity index (χ4v) is 4.45. The van der Waals surface area contributed by atoms with Crippen LogP contribution in [-0.4, -0.2) is 18.7 Å². The standard InChI is InChI=1S/C28H47NO2/c1-7-27(3,4)23-19-18-22(25(21-23)28(5,6)8-2)15-11-10-14-20-31-26(30)29-24-16-12-9-13-17-24/h18-19,21,24H,7-17,20H2,1-6H3,(H,29,30). The first-order valence-corrected chi connectivity index (χ1v) is 12.8. The molecule has 0 spiro atoms. The molecule has 0 unspecified atom stereocenters. The molecule has 3 heteroatoms. The van der Waals surface area contributed by atoms with Crippen LogP contribution in [0.1, 0.15) is 122 Å². The number of hydrogen-bond acceptors (Lipinski definition) is 2. The van der Waals surface area contributed by atoms with E-state index in [1.807, 2.05) is 0 Å². The van der Waals surface area contributed by atoms with Crippen LogP contribution >= 0.6 is 0 Å². The van der Waals surface area contributed by atoms with Crippen LogP contribution in [0.15, 0.2) is 18.2 Å². The third-order valence-electron chi connectivity index (χ3n) is 7.64. The molecule has 0 aliphatic heterocycles. The van der Waals surface area contributed by atoms with Crippen LogP contribution in [0.4, 0.5) is 4.79 Å². The normalized spacial score (nSPS) is 15.7. The summed E-state index contributed by atoms with van der Waals surface area (Å²) in [4.78, 5) is 12.0. The van der Waals surface area contributed by atoms with Crippen molar-refractivity contribution in [2.45, 2.75) is 129 Å². The van der Waals surface area contributed by atoms with Gasteiger partial charge in [-0.25, -0.2) is 4.79 Å². The minimum atomic E-state index is -0.229. The first-order chi connectivity index (χ1) is 14.7. The van der Waals surface area contributed by atoms with Crippen LogP contribution in [-0.2, 0) is 22.0 Å². The van der Waals surface area contributed by atoms with Crippen LogP contribution in [0.5, 0.6) is 0 Å². The number of ether oxygens (including phenoxy) is 1. The SMILES string of the molecule is CCC(C)(C)c1ccc(CCCCCOC(=O)NC2CCCCC2)c(C(C)(C)CC)c1. The average molecular weight is 430 g/mol. The van der Waals surface area contributed by atoms with E-state index in [-0.39, 0.29) is 16.9 Å². The van der Waals surface area contributed by atoms with E-state index in [4.69, 9.17) is 4.74 Å². The Morgan fingerprint density at radius 3 is 2.29 bits per heavy atom. The van der Waals surface area contributed by atoms with E-state index in [1.165, 1.54) is 36.0 Å². The molecular formula is C28H47NO2. The van der Waals surface area contributed by atoms with Gasteiger partial charge >= 0.3 is 6.09 Å². The molecular weight excluding hydrogens is 382 g/mol. The number of carbonyl (C=O) groups is 1. The summed E-state index contributed by atoms with van der Waals surface area (Å²) in [5, 5.41) is 3.03. The number of hydrogen-bond donors (Lipinski definition) is 1. The van der Waals surface area contributed by atoms with Gasteiger partial charge in [-0.3, -0.25) is 0 Å². The highest BCUT2D eigenvalue weighted by molar-refractivity contribution is 5.67. The zero-order chi connectivity index (χ0) is 22.9. The molecule has 3 nitrogen and oxygen atoms in total. The second-order valence-electron chi connectivity index (χ2n) is 10.8. The molecule has 31 heavy (non-hydrogen) atoms. The number of benzene rings is 1. The summed E-state index contributed by atoms with van der Waals surface area (Å²) in [7, 11) is 0. The molecule has 1 fully saturated rings. The second kappa shape index (κ2) is 11.9. The third kappa shape index (κ3) is 7.84. The second-order valence-corrected chi connectivity index (χ2v) is 10.8. The molecule has 0 radical (unpaired) electrons. The highest BCUT2D eigenvalue weighted by atomic mass is 16.5. The Kier molecular flexibility index (Phi) is 9.90. The molecule has 0 atom stereocenters. The fraction of sp³-hybridized carbons (Fsp3) is 0.750. The minimum absolute atomic E-state index is 0.190. The first-order valence-electron chi connectivity index (χ1n) is 12.8. The van der Waals surface area contributed by atoms with Gasteiger partial charge < -0.3 is 10.1 Å². The van der Waals surface area contributed by atoms with Crippen molar-refractivity contribution in [3.8, 4) is 0 Å². The van der Waals surface area contributed by atoms with Crippen LogP contribution < -0.4 is 5.32 Å². The Morgan fingerprint density at radius 2 is 1.65 bits per heavy atom. The molecule has 1 aliphatic rings. The predicted octanol–water partition coefficient (Wildman–Crippen LogP) is 7.83. The van der Waals surface area contributed by atoms with Crippen molar-refractivity contribution in [2.24, 2.45) is 0 Å². The summed E-state index contributed by atoms with van der Waals surface area (Å²) >= 11 is 0. The molecule has 0 heterocycles. The van der Waals surface area contributed by atoms with Crippen molar-refractivity contribution in [3.63, 3.8) is 0 Å². The van der Waals surface area contributed by atoms with Crippen molar-refractivity contribution in [1.29, 1.82) is 0 Å². The lowest BCUT2D eigenvalue weighted by molar-refractivity contribution is 0.137. The fourth-order valence-electron chi connectivity index (χ4n) is 4.45. The van der Waals surface area contributed by atoms with Gasteiger partial charge in [0, 0.05) is 6.04 Å². The molecule has 0 aromatic heterocycles. The Balaban J connectivity index is 1.82. The number of carbonyl (C=O) groups excluding carboxylic acids is 1. The van der Waals surface area contributed by atoms with E-state index in [2.05, 4.69) is 65.1 Å². The van der Waals surface area contributed by atoms with Gasteiger partial charge in [-0.05, 0) is 78.9 Å². The number of unbranched alkanes of at least 4 members (excludes halogenated alkanes) is 2. The highest BCUT2D eigenvalue weighted by Crippen LogP contribution is 2.35. The zero-order valence-corrected chi connectivity index (χ0v) is 21.1. The molecule has 1 aromatic rings. The molecule has 1 aliphatic carbocycles. The molecule has 1 N–H and O–H groups in total. The third-order valence-corrected chi connectivity index (χ3v) is 7.64. The van der Waals surface area contributed by atoms with Gasteiger partial charge in [0.2, 0.25) is 0 Å². The van der Waals surface area contributed by atoms with Crippen molar-refractivity contribution >= 4 is 6.09 Å². The van der Waals surface area contributed by atoms with Crippen LogP contribution in [0.2, 0.25) is 0 Å². The lowest BCUT2D eigenvalue weighted by atomic mass is 9.74. The summed E-state index contributed by atoms with van der Waals surface area (Å²) in [6.45, 7) is 14.5. The Morgan fingerprint density at radius 1 is 0.968 bits per heavy atom. The molecule has 1 aromatic carbocycles. The van der Waals surface area contributed by atoms with Crippen LogP contribution in [0.25, 0.3) is 0 Å². The van der Waals surface area contributed by atoms with Gasteiger partial charge in [0.05, 0.1) is 6.61 Å². The van der Waals surface area contributed by atoms with E-state index in [0.29, 0.717) is 12.6 Å². The van der Waals surface area contributed by atoms with E-state index in [1.54, 1.807) is 0 Å². The zero-order valence-electron chi connectivity index (χ0n) is 21.1. The summed E-state index contributed by atoms with van der Waals surface area (Å²) < 4.78 is 5.41. The maximum atomic E-state index is 12.0. The molecule has 2 rings (SSSR count). The molecule has 1 amide bonds. The van der Waals surface area contributed by atoms with Gasteiger partial charge in [-0.2, -0.15) is 0 Å². The molecule has 1 saturated carbocycles. The van der Waals surface area contributed by atoms with Gasteiger partial charge in [0.25, 0.3) is 0 Å². The van der Waals surface area contributed by atoms with E-state index < -0.39 is 0 Å². The van der Waals surface area contributed by atoms with Gasteiger partial charge in [-0.1, -0.05) is 79.0 Å². The highest BCUT2D eigenvalue weighted by Gasteiger charge is 2.25. The lowest BCUT2D eigenvalue weighted by Gasteiger charge is -2.31. The lowest BCUT2D eigenvalue weighted by Crippen LogP contribution is -2.36. The maximum Gasteiger partial charge on any atom is 0.407 e. The van der Waals surface area contributed by atoms with E-state index >= 15 is 0 Å². The van der Waals surface area contributed by atoms with Gasteiger partial charge in [0.1, 0.15) is 0 Å². The summed E-state index contributed by atoms with van der Waals surface area (Å²) in [5.41, 5.74) is 4.85. The van der Waals surface area contributed by atoms with E-state index in [0.717, 1.165) is 51.4 Å².